The van der Waals surface area contributed by atoms with E-state index in [1.165, 1.54) is 6.20 Å². The van der Waals surface area contributed by atoms with Gasteiger partial charge in [0, 0.05) is 11.9 Å². The van der Waals surface area contributed by atoms with Gasteiger partial charge < -0.3 is 5.32 Å². The van der Waals surface area contributed by atoms with Gasteiger partial charge in [-0.05, 0) is 24.3 Å². The Morgan fingerprint density at radius 1 is 1.35 bits per heavy atom. The van der Waals surface area contributed by atoms with Crippen molar-refractivity contribution in [3.8, 4) is 0 Å². The second-order valence-electron chi connectivity index (χ2n) is 4.00. The predicted octanol–water partition coefficient (Wildman–Crippen LogP) is 3.26. The molecule has 0 fully saturated rings. The molecule has 2 aromatic rings. The maximum atomic E-state index is 12.6. The van der Waals surface area contributed by atoms with E-state index in [1.807, 2.05) is 0 Å². The van der Waals surface area contributed by atoms with Crippen LogP contribution in [0.1, 0.15) is 11.3 Å². The minimum atomic E-state index is -4.49. The van der Waals surface area contributed by atoms with Crippen LogP contribution in [0.3, 0.4) is 0 Å². The van der Waals surface area contributed by atoms with Crippen LogP contribution in [0, 0.1) is 0 Å². The highest BCUT2D eigenvalue weighted by Gasteiger charge is 2.31. The van der Waals surface area contributed by atoms with E-state index in [0.29, 0.717) is 5.69 Å². The van der Waals surface area contributed by atoms with Crippen molar-refractivity contribution in [1.82, 2.24) is 10.2 Å². The van der Waals surface area contributed by atoms with Gasteiger partial charge in [-0.25, -0.2) is 0 Å². The van der Waals surface area contributed by atoms with Crippen LogP contribution in [-0.2, 0) is 17.4 Å². The molecule has 2 rings (SSSR count). The summed E-state index contributed by atoms with van der Waals surface area (Å²) in [6.45, 7) is 0. The zero-order valence-corrected chi connectivity index (χ0v) is 10.7. The molecule has 0 aliphatic heterocycles. The SMILES string of the molecule is O=C(Cc1ccn[nH]1)Nc1cc(C(F)(F)F)ccc1Cl. The van der Waals surface area contributed by atoms with Crippen LogP contribution < -0.4 is 5.32 Å². The van der Waals surface area contributed by atoms with Gasteiger partial charge in [-0.2, -0.15) is 18.3 Å². The molecule has 20 heavy (non-hydrogen) atoms. The number of halogens is 4. The number of aromatic amines is 1. The fraction of sp³-hybridized carbons (Fsp3) is 0.167. The zero-order chi connectivity index (χ0) is 14.8. The number of nitrogens with zero attached hydrogens (tertiary/aromatic N) is 1. The lowest BCUT2D eigenvalue weighted by Gasteiger charge is -2.11. The Morgan fingerprint density at radius 2 is 2.10 bits per heavy atom. The third-order valence-corrected chi connectivity index (χ3v) is 2.81. The topological polar surface area (TPSA) is 57.8 Å². The summed E-state index contributed by atoms with van der Waals surface area (Å²) in [4.78, 5) is 11.7. The van der Waals surface area contributed by atoms with Crippen LogP contribution in [0.4, 0.5) is 18.9 Å². The van der Waals surface area contributed by atoms with E-state index in [0.717, 1.165) is 18.2 Å². The normalized spacial score (nSPS) is 11.4. The van der Waals surface area contributed by atoms with E-state index in [1.54, 1.807) is 6.07 Å². The summed E-state index contributed by atoms with van der Waals surface area (Å²) in [6, 6.07) is 4.34. The number of benzene rings is 1. The van der Waals surface area contributed by atoms with Gasteiger partial charge in [0.1, 0.15) is 0 Å². The average Bonchev–Trinajstić information content (AvgIpc) is 2.83. The van der Waals surface area contributed by atoms with E-state index in [2.05, 4.69) is 15.5 Å². The number of H-pyrrole nitrogens is 1. The summed E-state index contributed by atoms with van der Waals surface area (Å²) < 4.78 is 37.7. The molecule has 0 bridgehead atoms. The summed E-state index contributed by atoms with van der Waals surface area (Å²) in [5.74, 6) is -0.490. The predicted molar refractivity (Wildman–Crippen MR) is 67.4 cm³/mol. The second-order valence-corrected chi connectivity index (χ2v) is 4.41. The van der Waals surface area contributed by atoms with Crippen LogP contribution in [0.15, 0.2) is 30.5 Å². The first-order valence-corrected chi connectivity index (χ1v) is 5.89. The highest BCUT2D eigenvalue weighted by atomic mass is 35.5. The molecule has 106 valence electrons. The molecular formula is C12H9ClF3N3O. The number of rotatable bonds is 3. The molecule has 0 radical (unpaired) electrons. The van der Waals surface area contributed by atoms with Crippen LogP contribution in [0.2, 0.25) is 5.02 Å². The number of carbonyl (C=O) groups excluding carboxylic acids is 1. The van der Waals surface area contributed by atoms with Crippen molar-refractivity contribution in [2.75, 3.05) is 5.32 Å². The summed E-state index contributed by atoms with van der Waals surface area (Å²) in [5.41, 5.74) is -0.407. The highest BCUT2D eigenvalue weighted by molar-refractivity contribution is 6.33. The third-order valence-electron chi connectivity index (χ3n) is 2.48. The smallest absolute Gasteiger partial charge is 0.324 e. The van der Waals surface area contributed by atoms with Gasteiger partial charge in [0.05, 0.1) is 22.7 Å². The van der Waals surface area contributed by atoms with Crippen molar-refractivity contribution in [1.29, 1.82) is 0 Å². The van der Waals surface area contributed by atoms with E-state index in [4.69, 9.17) is 11.6 Å². The van der Waals surface area contributed by atoms with Crippen molar-refractivity contribution in [2.24, 2.45) is 0 Å². The van der Waals surface area contributed by atoms with Gasteiger partial charge in [-0.3, -0.25) is 9.89 Å². The Kier molecular flexibility index (Phi) is 3.99. The summed E-state index contributed by atoms with van der Waals surface area (Å²) in [5, 5.41) is 8.63. The van der Waals surface area contributed by atoms with Gasteiger partial charge in [0.15, 0.2) is 0 Å². The first-order chi connectivity index (χ1) is 9.36. The molecule has 0 unspecified atom stereocenters. The first-order valence-electron chi connectivity index (χ1n) is 5.51. The zero-order valence-electron chi connectivity index (χ0n) is 9.96. The van der Waals surface area contributed by atoms with Gasteiger partial charge in [-0.15, -0.1) is 0 Å². The lowest BCUT2D eigenvalue weighted by atomic mass is 10.2. The van der Waals surface area contributed by atoms with E-state index < -0.39 is 17.6 Å². The molecule has 1 aromatic carbocycles. The fourth-order valence-corrected chi connectivity index (χ4v) is 1.71. The van der Waals surface area contributed by atoms with E-state index in [9.17, 15) is 18.0 Å². The van der Waals surface area contributed by atoms with Crippen molar-refractivity contribution >= 4 is 23.2 Å². The molecule has 0 aliphatic carbocycles. The van der Waals surface area contributed by atoms with E-state index in [-0.39, 0.29) is 17.1 Å². The van der Waals surface area contributed by atoms with Crippen LogP contribution in [0.5, 0.6) is 0 Å². The Labute approximate surface area is 116 Å². The lowest BCUT2D eigenvalue weighted by Crippen LogP contribution is -2.16. The molecule has 2 N–H and O–H groups in total. The van der Waals surface area contributed by atoms with E-state index >= 15 is 0 Å². The molecule has 0 atom stereocenters. The van der Waals surface area contributed by atoms with Crippen LogP contribution >= 0.6 is 11.6 Å². The summed E-state index contributed by atoms with van der Waals surface area (Å²) in [6.07, 6.45) is -3.06. The Hall–Kier alpha value is -2.02. The molecule has 1 heterocycles. The number of anilines is 1. The fourth-order valence-electron chi connectivity index (χ4n) is 1.55. The third kappa shape index (κ3) is 3.51. The second kappa shape index (κ2) is 5.54. The summed E-state index contributed by atoms with van der Waals surface area (Å²) >= 11 is 5.77. The molecule has 8 heteroatoms. The van der Waals surface area contributed by atoms with Crippen LogP contribution in [0.25, 0.3) is 0 Å². The van der Waals surface area contributed by atoms with Crippen molar-refractivity contribution < 1.29 is 18.0 Å². The number of amides is 1. The van der Waals surface area contributed by atoms with Crippen molar-refractivity contribution in [3.05, 3.63) is 46.7 Å². The van der Waals surface area contributed by atoms with Crippen molar-refractivity contribution in [3.63, 3.8) is 0 Å². The quantitative estimate of drug-likeness (QED) is 0.914. The number of aromatic nitrogens is 2. The van der Waals surface area contributed by atoms with Gasteiger partial charge in [0.2, 0.25) is 5.91 Å². The Bertz CT molecular complexity index is 611. The number of nitrogens with one attached hydrogen (secondary N) is 2. The molecule has 0 aliphatic rings. The molecular weight excluding hydrogens is 295 g/mol. The molecule has 0 spiro atoms. The number of alkyl halides is 3. The number of carbonyl (C=O) groups is 1. The van der Waals surface area contributed by atoms with Gasteiger partial charge in [0.25, 0.3) is 0 Å². The van der Waals surface area contributed by atoms with Crippen molar-refractivity contribution in [2.45, 2.75) is 12.6 Å². The number of hydrogen-bond acceptors (Lipinski definition) is 2. The average molecular weight is 304 g/mol. The Balaban J connectivity index is 2.14. The maximum absolute atomic E-state index is 12.6. The lowest BCUT2D eigenvalue weighted by molar-refractivity contribution is -0.137. The standard InChI is InChI=1S/C12H9ClF3N3O/c13-9-2-1-7(12(14,15)16)5-10(9)18-11(20)6-8-3-4-17-19-8/h1-5H,6H2,(H,17,19)(H,18,20). The monoisotopic (exact) mass is 303 g/mol. The maximum Gasteiger partial charge on any atom is 0.416 e. The molecule has 0 saturated carbocycles. The first kappa shape index (κ1) is 14.4. The molecule has 0 saturated heterocycles. The molecule has 1 aromatic heterocycles. The molecule has 4 nitrogen and oxygen atoms in total. The minimum Gasteiger partial charge on any atom is -0.324 e. The summed E-state index contributed by atoms with van der Waals surface area (Å²) in [7, 11) is 0. The van der Waals surface area contributed by atoms with Crippen LogP contribution in [-0.4, -0.2) is 16.1 Å². The Morgan fingerprint density at radius 3 is 2.70 bits per heavy atom. The van der Waals surface area contributed by atoms with Gasteiger partial charge in [-0.1, -0.05) is 11.6 Å². The minimum absolute atomic E-state index is 0.0351. The molecule has 1 amide bonds. The largest absolute Gasteiger partial charge is 0.416 e. The highest BCUT2D eigenvalue weighted by Crippen LogP contribution is 2.33. The number of hydrogen-bond donors (Lipinski definition) is 2. The van der Waals surface area contributed by atoms with Gasteiger partial charge >= 0.3 is 6.18 Å².